The highest BCUT2D eigenvalue weighted by atomic mass is 32.2. The summed E-state index contributed by atoms with van der Waals surface area (Å²) in [5.41, 5.74) is 0.679. The molecule has 1 unspecified atom stereocenters. The molecule has 0 aromatic heterocycles. The van der Waals surface area contributed by atoms with Crippen LogP contribution in [-0.4, -0.2) is 37.2 Å². The lowest BCUT2D eigenvalue weighted by Crippen LogP contribution is -2.36. The van der Waals surface area contributed by atoms with Gasteiger partial charge in [0.1, 0.15) is 0 Å². The molecule has 1 atom stereocenters. The van der Waals surface area contributed by atoms with E-state index in [2.05, 4.69) is 0 Å². The highest BCUT2D eigenvalue weighted by Gasteiger charge is 2.20. The van der Waals surface area contributed by atoms with Crippen LogP contribution in [0.4, 0.5) is 0 Å². The molecule has 0 aliphatic carbocycles. The molecule has 1 aromatic carbocycles. The number of aliphatic hydroxyl groups is 1. The summed E-state index contributed by atoms with van der Waals surface area (Å²) in [5.74, 6) is -1.51. The third kappa shape index (κ3) is 3.75. The number of rotatable bonds is 5. The number of nitriles is 1. The molecule has 19 heavy (non-hydrogen) atoms. The van der Waals surface area contributed by atoms with E-state index in [-0.39, 0.29) is 4.90 Å². The number of sulfonamides is 1. The van der Waals surface area contributed by atoms with Crippen LogP contribution in [-0.2, 0) is 14.8 Å². The molecule has 0 bridgehead atoms. The highest BCUT2D eigenvalue weighted by Crippen LogP contribution is 2.16. The Morgan fingerprint density at radius 2 is 2.16 bits per heavy atom. The van der Waals surface area contributed by atoms with Gasteiger partial charge in [-0.3, -0.25) is 0 Å². The van der Waals surface area contributed by atoms with Crippen LogP contribution < -0.4 is 4.72 Å². The second-order valence-electron chi connectivity index (χ2n) is 3.80. The van der Waals surface area contributed by atoms with Crippen LogP contribution in [0.3, 0.4) is 0 Å². The van der Waals surface area contributed by atoms with E-state index in [1.807, 2.05) is 10.8 Å². The Bertz CT molecular complexity index is 633. The number of nitrogens with one attached hydrogen (secondary N) is 1. The zero-order valence-electron chi connectivity index (χ0n) is 9.99. The predicted molar refractivity (Wildman–Crippen MR) is 64.7 cm³/mol. The van der Waals surface area contributed by atoms with Crippen molar-refractivity contribution in [3.8, 4) is 6.07 Å². The molecule has 1 aromatic rings. The van der Waals surface area contributed by atoms with Crippen molar-refractivity contribution in [1.29, 1.82) is 5.26 Å². The van der Waals surface area contributed by atoms with Crippen molar-refractivity contribution in [2.45, 2.75) is 17.9 Å². The molecule has 0 radical (unpaired) electrons. The van der Waals surface area contributed by atoms with E-state index < -0.39 is 28.6 Å². The van der Waals surface area contributed by atoms with Gasteiger partial charge in [-0.05, 0) is 30.7 Å². The molecular weight excluding hydrogens is 272 g/mol. The number of benzene rings is 1. The van der Waals surface area contributed by atoms with Crippen LogP contribution in [0.2, 0.25) is 0 Å². The zero-order chi connectivity index (χ0) is 14.6. The molecule has 0 heterocycles. The molecule has 3 N–H and O–H groups in total. The van der Waals surface area contributed by atoms with Crippen molar-refractivity contribution in [1.82, 2.24) is 4.72 Å². The third-order valence-corrected chi connectivity index (χ3v) is 3.93. The monoisotopic (exact) mass is 284 g/mol. The first-order valence-electron chi connectivity index (χ1n) is 5.19. The molecule has 8 heteroatoms. The fourth-order valence-corrected chi connectivity index (χ4v) is 2.64. The lowest BCUT2D eigenvalue weighted by molar-refractivity contribution is -0.146. The minimum absolute atomic E-state index is 0.0657. The van der Waals surface area contributed by atoms with Crippen LogP contribution in [0.5, 0.6) is 0 Å². The van der Waals surface area contributed by atoms with E-state index in [1.165, 1.54) is 25.1 Å². The number of carbonyl (C=O) groups is 1. The molecule has 7 nitrogen and oxygen atoms in total. The number of aryl methyl sites for hydroxylation is 1. The summed E-state index contributed by atoms with van der Waals surface area (Å²) in [5, 5.41) is 26.1. The topological polar surface area (TPSA) is 127 Å². The molecule has 102 valence electrons. The minimum atomic E-state index is -3.93. The van der Waals surface area contributed by atoms with E-state index in [9.17, 15) is 13.2 Å². The summed E-state index contributed by atoms with van der Waals surface area (Å²) < 4.78 is 25.8. The number of nitrogens with zero attached hydrogens (tertiary/aromatic N) is 1. The van der Waals surface area contributed by atoms with Crippen molar-refractivity contribution in [3.05, 3.63) is 29.3 Å². The maximum atomic E-state index is 11.9. The molecule has 0 amide bonds. The number of aliphatic carboxylic acids is 1. The summed E-state index contributed by atoms with van der Waals surface area (Å²) >= 11 is 0. The second-order valence-corrected chi connectivity index (χ2v) is 5.53. The molecule has 0 fully saturated rings. The van der Waals surface area contributed by atoms with Crippen molar-refractivity contribution in [2.24, 2.45) is 0 Å². The van der Waals surface area contributed by atoms with Gasteiger partial charge < -0.3 is 10.2 Å². The van der Waals surface area contributed by atoms with Gasteiger partial charge in [-0.1, -0.05) is 0 Å². The van der Waals surface area contributed by atoms with Gasteiger partial charge in [0.15, 0.2) is 6.10 Å². The van der Waals surface area contributed by atoms with Gasteiger partial charge in [0.2, 0.25) is 10.0 Å². The van der Waals surface area contributed by atoms with Crippen LogP contribution >= 0.6 is 0 Å². The maximum absolute atomic E-state index is 11.9. The van der Waals surface area contributed by atoms with Crippen molar-refractivity contribution >= 4 is 16.0 Å². The van der Waals surface area contributed by atoms with Crippen molar-refractivity contribution in [3.63, 3.8) is 0 Å². The predicted octanol–water partition coefficient (Wildman–Crippen LogP) is -0.410. The molecule has 0 aliphatic rings. The van der Waals surface area contributed by atoms with E-state index in [0.717, 1.165) is 0 Å². The van der Waals surface area contributed by atoms with E-state index in [4.69, 9.17) is 15.5 Å². The Hall–Kier alpha value is -1.95. The first-order valence-corrected chi connectivity index (χ1v) is 6.67. The van der Waals surface area contributed by atoms with Crippen LogP contribution in [0, 0.1) is 18.3 Å². The molecule has 0 saturated carbocycles. The smallest absolute Gasteiger partial charge is 0.333 e. The van der Waals surface area contributed by atoms with E-state index in [1.54, 1.807) is 0 Å². The first kappa shape index (κ1) is 15.1. The number of hydrogen-bond acceptors (Lipinski definition) is 5. The van der Waals surface area contributed by atoms with E-state index in [0.29, 0.717) is 11.1 Å². The second kappa shape index (κ2) is 5.79. The summed E-state index contributed by atoms with van der Waals surface area (Å²) in [6.07, 6.45) is -1.81. The van der Waals surface area contributed by atoms with Gasteiger partial charge >= 0.3 is 5.97 Å². The summed E-state index contributed by atoms with van der Waals surface area (Å²) in [7, 11) is -3.93. The Morgan fingerprint density at radius 1 is 1.53 bits per heavy atom. The number of carboxylic acid groups (broad SMARTS) is 1. The van der Waals surface area contributed by atoms with Crippen molar-refractivity contribution < 1.29 is 23.4 Å². The Morgan fingerprint density at radius 3 is 2.63 bits per heavy atom. The third-order valence-electron chi connectivity index (χ3n) is 2.35. The fourth-order valence-electron chi connectivity index (χ4n) is 1.37. The lowest BCUT2D eigenvalue weighted by Gasteiger charge is -2.10. The van der Waals surface area contributed by atoms with Gasteiger partial charge in [-0.2, -0.15) is 5.26 Å². The molecular formula is C11H12N2O5S. The van der Waals surface area contributed by atoms with Crippen molar-refractivity contribution in [2.75, 3.05) is 6.54 Å². The van der Waals surface area contributed by atoms with E-state index >= 15 is 0 Å². The fraction of sp³-hybridized carbons (Fsp3) is 0.273. The number of carboxylic acids is 1. The van der Waals surface area contributed by atoms with Gasteiger partial charge in [-0.25, -0.2) is 17.9 Å². The number of hydrogen-bond donors (Lipinski definition) is 3. The molecule has 0 aliphatic heterocycles. The minimum Gasteiger partial charge on any atom is -0.479 e. The normalized spacial score (nSPS) is 12.7. The largest absolute Gasteiger partial charge is 0.479 e. The summed E-state index contributed by atoms with van der Waals surface area (Å²) in [6.45, 7) is 0.889. The Kier molecular flexibility index (Phi) is 4.61. The quantitative estimate of drug-likeness (QED) is 0.674. The average molecular weight is 284 g/mol. The Labute approximate surface area is 110 Å². The first-order chi connectivity index (χ1) is 8.77. The van der Waals surface area contributed by atoms with Gasteiger partial charge in [0.05, 0.1) is 16.5 Å². The van der Waals surface area contributed by atoms with Gasteiger partial charge in [0.25, 0.3) is 0 Å². The summed E-state index contributed by atoms with van der Waals surface area (Å²) in [6, 6.07) is 5.88. The zero-order valence-corrected chi connectivity index (χ0v) is 10.8. The molecule has 0 spiro atoms. The number of aliphatic hydroxyl groups excluding tert-OH is 1. The van der Waals surface area contributed by atoms with Gasteiger partial charge in [-0.15, -0.1) is 0 Å². The van der Waals surface area contributed by atoms with Crippen LogP contribution in [0.15, 0.2) is 23.1 Å². The van der Waals surface area contributed by atoms with Gasteiger partial charge in [0, 0.05) is 6.54 Å². The molecule has 1 rings (SSSR count). The lowest BCUT2D eigenvalue weighted by atomic mass is 10.2. The summed E-state index contributed by atoms with van der Waals surface area (Å²) in [4.78, 5) is 10.3. The van der Waals surface area contributed by atoms with Crippen LogP contribution in [0.1, 0.15) is 11.1 Å². The highest BCUT2D eigenvalue weighted by molar-refractivity contribution is 7.89. The average Bonchev–Trinajstić information content (AvgIpc) is 2.35. The van der Waals surface area contributed by atoms with Crippen LogP contribution in [0.25, 0.3) is 0 Å². The molecule has 0 saturated heterocycles. The maximum Gasteiger partial charge on any atom is 0.333 e. The Balaban J connectivity index is 2.96. The standard InChI is InChI=1S/C11H12N2O5S/c1-7-4-8(5-12)2-3-10(7)19(17,18)13-6-9(14)11(15)16/h2-4,9,13-14H,6H2,1H3,(H,15,16). The SMILES string of the molecule is Cc1cc(C#N)ccc1S(=O)(=O)NCC(O)C(=O)O.